The summed E-state index contributed by atoms with van der Waals surface area (Å²) in [6, 6.07) is 6.75. The number of nitrogens with zero attached hydrogens (tertiary/aromatic N) is 1. The molecule has 0 aliphatic heterocycles. The van der Waals surface area contributed by atoms with Crippen LogP contribution in [0.4, 0.5) is 10.1 Å². The Balaban J connectivity index is 2.25. The van der Waals surface area contributed by atoms with Crippen molar-refractivity contribution >= 4 is 21.6 Å². The molecule has 0 aliphatic carbocycles. The third-order valence-electron chi connectivity index (χ3n) is 2.84. The Bertz CT molecular complexity index is 557. The maximum Gasteiger partial charge on any atom is 0.128 e. The van der Waals surface area contributed by atoms with Gasteiger partial charge in [-0.15, -0.1) is 0 Å². The van der Waals surface area contributed by atoms with Gasteiger partial charge in [0, 0.05) is 16.2 Å². The van der Waals surface area contributed by atoms with Gasteiger partial charge in [0.25, 0.3) is 0 Å². The largest absolute Gasteiger partial charge is 0.377 e. The molecule has 1 unspecified atom stereocenters. The van der Waals surface area contributed by atoms with E-state index < -0.39 is 0 Å². The summed E-state index contributed by atoms with van der Waals surface area (Å²) < 4.78 is 14.6. The second kappa shape index (κ2) is 5.48. The van der Waals surface area contributed by atoms with Gasteiger partial charge in [0.15, 0.2) is 0 Å². The van der Waals surface area contributed by atoms with Crippen molar-refractivity contribution in [3.8, 4) is 0 Å². The fraction of sp³-hybridized carbons (Fsp3) is 0.214. The second-order valence-corrected chi connectivity index (χ2v) is 5.14. The first-order valence-corrected chi connectivity index (χ1v) is 6.49. The smallest absolute Gasteiger partial charge is 0.128 e. The van der Waals surface area contributed by atoms with Gasteiger partial charge >= 0.3 is 0 Å². The normalized spacial score (nSPS) is 12.2. The van der Waals surface area contributed by atoms with Gasteiger partial charge in [-0.3, -0.25) is 4.98 Å². The Morgan fingerprint density at radius 1 is 1.33 bits per heavy atom. The average molecular weight is 309 g/mol. The van der Waals surface area contributed by atoms with Crippen LogP contribution in [0.5, 0.6) is 0 Å². The van der Waals surface area contributed by atoms with Crippen molar-refractivity contribution in [2.45, 2.75) is 19.9 Å². The van der Waals surface area contributed by atoms with Gasteiger partial charge in [-0.05, 0) is 43.7 Å². The maximum atomic E-state index is 13.7. The summed E-state index contributed by atoms with van der Waals surface area (Å²) in [5.74, 6) is -0.209. The Labute approximate surface area is 114 Å². The van der Waals surface area contributed by atoms with Gasteiger partial charge in [0.2, 0.25) is 0 Å². The number of aromatic nitrogens is 1. The van der Waals surface area contributed by atoms with Crippen molar-refractivity contribution < 1.29 is 4.39 Å². The van der Waals surface area contributed by atoms with Crippen molar-refractivity contribution in [2.75, 3.05) is 5.32 Å². The maximum absolute atomic E-state index is 13.7. The van der Waals surface area contributed by atoms with Crippen LogP contribution in [0.3, 0.4) is 0 Å². The van der Waals surface area contributed by atoms with Gasteiger partial charge in [0.1, 0.15) is 5.82 Å². The SMILES string of the molecule is Cc1ccncc1NC(C)c1cc(Br)ccc1F. The zero-order valence-electron chi connectivity index (χ0n) is 10.2. The highest BCUT2D eigenvalue weighted by Gasteiger charge is 2.12. The lowest BCUT2D eigenvalue weighted by Gasteiger charge is -2.17. The number of hydrogen-bond acceptors (Lipinski definition) is 2. The molecule has 2 aromatic rings. The van der Waals surface area contributed by atoms with Gasteiger partial charge < -0.3 is 5.32 Å². The summed E-state index contributed by atoms with van der Waals surface area (Å²) >= 11 is 3.36. The Morgan fingerprint density at radius 2 is 2.11 bits per heavy atom. The number of halogens is 2. The number of benzene rings is 1. The molecule has 1 atom stereocenters. The molecule has 1 N–H and O–H groups in total. The van der Waals surface area contributed by atoms with Crippen LogP contribution in [0.15, 0.2) is 41.1 Å². The summed E-state index contributed by atoms with van der Waals surface area (Å²) in [7, 11) is 0. The molecule has 0 aliphatic rings. The Kier molecular flexibility index (Phi) is 3.97. The van der Waals surface area contributed by atoms with Crippen LogP contribution >= 0.6 is 15.9 Å². The molecule has 2 rings (SSSR count). The van der Waals surface area contributed by atoms with Crippen molar-refractivity contribution in [1.82, 2.24) is 4.98 Å². The quantitative estimate of drug-likeness (QED) is 0.905. The first kappa shape index (κ1) is 13.0. The lowest BCUT2D eigenvalue weighted by molar-refractivity contribution is 0.600. The zero-order chi connectivity index (χ0) is 13.1. The first-order chi connectivity index (χ1) is 8.58. The van der Waals surface area contributed by atoms with E-state index in [4.69, 9.17) is 0 Å². The minimum Gasteiger partial charge on any atom is -0.377 e. The van der Waals surface area contributed by atoms with Crippen molar-refractivity contribution in [3.63, 3.8) is 0 Å². The summed E-state index contributed by atoms with van der Waals surface area (Å²) in [5.41, 5.74) is 2.64. The van der Waals surface area contributed by atoms with E-state index in [1.165, 1.54) is 6.07 Å². The highest BCUT2D eigenvalue weighted by atomic mass is 79.9. The minimum atomic E-state index is -0.209. The summed E-state index contributed by atoms with van der Waals surface area (Å²) in [5, 5.41) is 3.27. The van der Waals surface area contributed by atoms with Crippen LogP contribution in [0.1, 0.15) is 24.1 Å². The lowest BCUT2D eigenvalue weighted by atomic mass is 10.1. The molecular formula is C14H14BrFN2. The number of hydrogen-bond donors (Lipinski definition) is 1. The number of aryl methyl sites for hydroxylation is 1. The van der Waals surface area contributed by atoms with Crippen molar-refractivity contribution in [1.29, 1.82) is 0 Å². The molecule has 18 heavy (non-hydrogen) atoms. The predicted octanol–water partition coefficient (Wildman–Crippen LogP) is 4.46. The number of nitrogens with one attached hydrogen (secondary N) is 1. The fourth-order valence-electron chi connectivity index (χ4n) is 1.77. The molecule has 0 saturated heterocycles. The Hall–Kier alpha value is -1.42. The molecule has 0 radical (unpaired) electrons. The molecule has 2 nitrogen and oxygen atoms in total. The third-order valence-corrected chi connectivity index (χ3v) is 3.33. The van der Waals surface area contributed by atoms with Crippen LogP contribution in [-0.2, 0) is 0 Å². The van der Waals surface area contributed by atoms with E-state index in [0.717, 1.165) is 15.7 Å². The average Bonchev–Trinajstić information content (AvgIpc) is 2.35. The van der Waals surface area contributed by atoms with Crippen LogP contribution in [-0.4, -0.2) is 4.98 Å². The highest BCUT2D eigenvalue weighted by Crippen LogP contribution is 2.25. The third kappa shape index (κ3) is 2.88. The standard InChI is InChI=1S/C14H14BrFN2/c1-9-5-6-17-8-14(9)18-10(2)12-7-11(15)3-4-13(12)16/h3-8,10,18H,1-2H3. The summed E-state index contributed by atoms with van der Waals surface area (Å²) in [6.45, 7) is 3.92. The predicted molar refractivity (Wildman–Crippen MR) is 75.1 cm³/mol. The molecule has 0 bridgehead atoms. The van der Waals surface area contributed by atoms with E-state index in [2.05, 4.69) is 26.2 Å². The van der Waals surface area contributed by atoms with E-state index in [-0.39, 0.29) is 11.9 Å². The minimum absolute atomic E-state index is 0.120. The van der Waals surface area contributed by atoms with E-state index in [1.807, 2.05) is 19.9 Å². The van der Waals surface area contributed by atoms with E-state index in [0.29, 0.717) is 5.56 Å². The van der Waals surface area contributed by atoms with Crippen LogP contribution < -0.4 is 5.32 Å². The van der Waals surface area contributed by atoms with Crippen molar-refractivity contribution in [3.05, 3.63) is 58.1 Å². The van der Waals surface area contributed by atoms with Crippen molar-refractivity contribution in [2.24, 2.45) is 0 Å². The van der Waals surface area contributed by atoms with Gasteiger partial charge in [-0.25, -0.2) is 4.39 Å². The van der Waals surface area contributed by atoms with Gasteiger partial charge in [-0.1, -0.05) is 15.9 Å². The molecule has 1 heterocycles. The molecule has 94 valence electrons. The number of pyridine rings is 1. The summed E-state index contributed by atoms with van der Waals surface area (Å²) in [6.07, 6.45) is 3.49. The lowest BCUT2D eigenvalue weighted by Crippen LogP contribution is -2.09. The van der Waals surface area contributed by atoms with Crippen LogP contribution in [0.25, 0.3) is 0 Å². The van der Waals surface area contributed by atoms with E-state index >= 15 is 0 Å². The molecule has 4 heteroatoms. The highest BCUT2D eigenvalue weighted by molar-refractivity contribution is 9.10. The monoisotopic (exact) mass is 308 g/mol. The Morgan fingerprint density at radius 3 is 2.83 bits per heavy atom. The number of anilines is 1. The second-order valence-electron chi connectivity index (χ2n) is 4.22. The molecule has 1 aromatic carbocycles. The van der Waals surface area contributed by atoms with Gasteiger partial charge in [-0.2, -0.15) is 0 Å². The number of rotatable bonds is 3. The van der Waals surface area contributed by atoms with Crippen LogP contribution in [0, 0.1) is 12.7 Å². The molecule has 0 saturated carbocycles. The van der Waals surface area contributed by atoms with Crippen LogP contribution in [0.2, 0.25) is 0 Å². The first-order valence-electron chi connectivity index (χ1n) is 5.70. The summed E-state index contributed by atoms with van der Waals surface area (Å²) in [4.78, 5) is 4.07. The molecular weight excluding hydrogens is 295 g/mol. The fourth-order valence-corrected chi connectivity index (χ4v) is 2.15. The van der Waals surface area contributed by atoms with E-state index in [9.17, 15) is 4.39 Å². The molecule has 1 aromatic heterocycles. The van der Waals surface area contributed by atoms with Gasteiger partial charge in [0.05, 0.1) is 17.9 Å². The zero-order valence-corrected chi connectivity index (χ0v) is 11.8. The molecule has 0 amide bonds. The molecule has 0 spiro atoms. The molecule has 0 fully saturated rings. The van der Waals surface area contributed by atoms with E-state index in [1.54, 1.807) is 24.5 Å². The topological polar surface area (TPSA) is 24.9 Å².